The number of Topliss-reactive ketones (excluding diaryl/α,β-unsaturated/α-hetero) is 1. The fourth-order valence-electron chi connectivity index (χ4n) is 2.22. The van der Waals surface area contributed by atoms with Crippen molar-refractivity contribution in [1.29, 1.82) is 0 Å². The minimum absolute atomic E-state index is 0.00810. The van der Waals surface area contributed by atoms with Crippen LogP contribution in [0.25, 0.3) is 0 Å². The van der Waals surface area contributed by atoms with Crippen LogP contribution >= 0.6 is 0 Å². The molecule has 1 unspecified atom stereocenters. The lowest BCUT2D eigenvalue weighted by molar-refractivity contribution is 0.0785. The average Bonchev–Trinajstić information content (AvgIpc) is 2.34. The minimum atomic E-state index is -0.354. The maximum atomic E-state index is 13.0. The molecule has 4 heteroatoms. The number of rotatable bonds is 3. The number of ketones is 1. The third-order valence-corrected chi connectivity index (χ3v) is 3.56. The van der Waals surface area contributed by atoms with E-state index in [0.29, 0.717) is 18.2 Å². The first-order chi connectivity index (χ1) is 8.56. The van der Waals surface area contributed by atoms with Crippen LogP contribution in [0.2, 0.25) is 0 Å². The van der Waals surface area contributed by atoms with Gasteiger partial charge < -0.3 is 4.90 Å². The Morgan fingerprint density at radius 2 is 2.22 bits per heavy atom. The molecule has 0 bridgehead atoms. The molecule has 0 spiro atoms. The molecule has 1 aliphatic rings. The highest BCUT2D eigenvalue weighted by Crippen LogP contribution is 2.10. The SMILES string of the molecule is CC1CN(CC(=O)c2cccc(F)c2)CCN1C. The zero-order valence-corrected chi connectivity index (χ0v) is 10.9. The minimum Gasteiger partial charge on any atom is -0.301 e. The second kappa shape index (κ2) is 5.59. The zero-order chi connectivity index (χ0) is 13.1. The molecule has 1 fully saturated rings. The van der Waals surface area contributed by atoms with Gasteiger partial charge in [-0.25, -0.2) is 4.39 Å². The van der Waals surface area contributed by atoms with Crippen molar-refractivity contribution >= 4 is 5.78 Å². The van der Waals surface area contributed by atoms with Crippen molar-refractivity contribution in [1.82, 2.24) is 9.80 Å². The van der Waals surface area contributed by atoms with E-state index in [1.165, 1.54) is 12.1 Å². The highest BCUT2D eigenvalue weighted by Gasteiger charge is 2.22. The summed E-state index contributed by atoms with van der Waals surface area (Å²) in [6, 6.07) is 6.37. The van der Waals surface area contributed by atoms with E-state index in [1.807, 2.05) is 0 Å². The summed E-state index contributed by atoms with van der Waals surface area (Å²) in [5.41, 5.74) is 0.460. The Hall–Kier alpha value is -1.26. The van der Waals surface area contributed by atoms with E-state index in [0.717, 1.165) is 19.6 Å². The van der Waals surface area contributed by atoms with Crippen LogP contribution < -0.4 is 0 Å². The number of halogens is 1. The van der Waals surface area contributed by atoms with Crippen LogP contribution in [0, 0.1) is 5.82 Å². The predicted octanol–water partition coefficient (Wildman–Crippen LogP) is 1.64. The number of likely N-dealkylation sites (N-methyl/N-ethyl adjacent to an activating group) is 1. The Balaban J connectivity index is 1.96. The summed E-state index contributed by atoms with van der Waals surface area (Å²) < 4.78 is 13.0. The highest BCUT2D eigenvalue weighted by molar-refractivity contribution is 5.97. The van der Waals surface area contributed by atoms with Gasteiger partial charge in [0.1, 0.15) is 5.82 Å². The van der Waals surface area contributed by atoms with Crippen LogP contribution in [-0.2, 0) is 0 Å². The standard InChI is InChI=1S/C14H19FN2O/c1-11-9-17(7-6-16(11)2)10-14(18)12-4-3-5-13(15)8-12/h3-5,8,11H,6-7,9-10H2,1-2H3. The molecule has 18 heavy (non-hydrogen) atoms. The maximum Gasteiger partial charge on any atom is 0.176 e. The van der Waals surface area contributed by atoms with Gasteiger partial charge in [-0.3, -0.25) is 9.69 Å². The lowest BCUT2D eigenvalue weighted by Crippen LogP contribution is -2.51. The largest absolute Gasteiger partial charge is 0.301 e. The van der Waals surface area contributed by atoms with Crippen molar-refractivity contribution in [2.75, 3.05) is 33.2 Å². The van der Waals surface area contributed by atoms with Crippen LogP contribution in [0.5, 0.6) is 0 Å². The molecule has 0 amide bonds. The molecule has 0 aromatic heterocycles. The molecule has 0 aliphatic carbocycles. The molecule has 1 atom stereocenters. The molecule has 1 saturated heterocycles. The molecule has 1 aromatic rings. The molecule has 0 N–H and O–H groups in total. The Kier molecular flexibility index (Phi) is 4.09. The number of carbonyl (C=O) groups excluding carboxylic acids is 1. The Morgan fingerprint density at radius 1 is 1.44 bits per heavy atom. The Bertz CT molecular complexity index is 436. The van der Waals surface area contributed by atoms with E-state index in [1.54, 1.807) is 12.1 Å². The zero-order valence-electron chi connectivity index (χ0n) is 10.9. The molecular formula is C14H19FN2O. The molecule has 98 valence electrons. The summed E-state index contributed by atoms with van der Waals surface area (Å²) >= 11 is 0. The van der Waals surface area contributed by atoms with Gasteiger partial charge in [-0.1, -0.05) is 12.1 Å². The first-order valence-corrected chi connectivity index (χ1v) is 6.27. The molecule has 0 radical (unpaired) electrons. The van der Waals surface area contributed by atoms with E-state index in [2.05, 4.69) is 23.8 Å². The summed E-state index contributed by atoms with van der Waals surface area (Å²) in [6.45, 7) is 5.28. The van der Waals surface area contributed by atoms with E-state index in [9.17, 15) is 9.18 Å². The van der Waals surface area contributed by atoms with Gasteiger partial charge >= 0.3 is 0 Å². The number of benzene rings is 1. The fourth-order valence-corrected chi connectivity index (χ4v) is 2.22. The van der Waals surface area contributed by atoms with Crippen LogP contribution in [-0.4, -0.2) is 54.9 Å². The van der Waals surface area contributed by atoms with Gasteiger partial charge in [-0.05, 0) is 26.1 Å². The third-order valence-electron chi connectivity index (χ3n) is 3.56. The average molecular weight is 250 g/mol. The van der Waals surface area contributed by atoms with Crippen LogP contribution in [0.15, 0.2) is 24.3 Å². The fraction of sp³-hybridized carbons (Fsp3) is 0.500. The first-order valence-electron chi connectivity index (χ1n) is 6.27. The summed E-state index contributed by atoms with van der Waals surface area (Å²) in [7, 11) is 2.09. The number of hydrogen-bond donors (Lipinski definition) is 0. The van der Waals surface area contributed by atoms with Gasteiger partial charge in [0, 0.05) is 31.2 Å². The molecule has 1 aromatic carbocycles. The van der Waals surface area contributed by atoms with Crippen molar-refractivity contribution in [3.8, 4) is 0 Å². The highest BCUT2D eigenvalue weighted by atomic mass is 19.1. The van der Waals surface area contributed by atoms with Crippen molar-refractivity contribution in [2.24, 2.45) is 0 Å². The van der Waals surface area contributed by atoms with E-state index in [-0.39, 0.29) is 11.6 Å². The number of nitrogens with zero attached hydrogens (tertiary/aromatic N) is 2. The van der Waals surface area contributed by atoms with Gasteiger partial charge in [-0.2, -0.15) is 0 Å². The molecule has 1 aliphatic heterocycles. The van der Waals surface area contributed by atoms with Crippen molar-refractivity contribution in [3.63, 3.8) is 0 Å². The van der Waals surface area contributed by atoms with E-state index < -0.39 is 0 Å². The number of hydrogen-bond acceptors (Lipinski definition) is 3. The number of carbonyl (C=O) groups is 1. The topological polar surface area (TPSA) is 23.6 Å². The predicted molar refractivity (Wildman–Crippen MR) is 69.3 cm³/mol. The normalized spacial score (nSPS) is 22.1. The second-order valence-electron chi connectivity index (χ2n) is 5.00. The third kappa shape index (κ3) is 3.15. The maximum absolute atomic E-state index is 13.0. The molecule has 2 rings (SSSR count). The summed E-state index contributed by atoms with van der Waals surface area (Å²) in [5.74, 6) is -0.362. The van der Waals surface area contributed by atoms with E-state index in [4.69, 9.17) is 0 Å². The van der Waals surface area contributed by atoms with Crippen molar-refractivity contribution < 1.29 is 9.18 Å². The summed E-state index contributed by atoms with van der Waals surface area (Å²) in [5, 5.41) is 0. The lowest BCUT2D eigenvalue weighted by atomic mass is 10.1. The molecule has 0 saturated carbocycles. The quantitative estimate of drug-likeness (QED) is 0.762. The summed E-state index contributed by atoms with van der Waals surface area (Å²) in [4.78, 5) is 16.4. The smallest absolute Gasteiger partial charge is 0.176 e. The number of piperazine rings is 1. The van der Waals surface area contributed by atoms with Gasteiger partial charge in [0.05, 0.1) is 6.54 Å². The van der Waals surface area contributed by atoms with E-state index >= 15 is 0 Å². The van der Waals surface area contributed by atoms with Crippen molar-refractivity contribution in [3.05, 3.63) is 35.6 Å². The monoisotopic (exact) mass is 250 g/mol. The summed E-state index contributed by atoms with van der Waals surface area (Å²) in [6.07, 6.45) is 0. The van der Waals surface area contributed by atoms with Gasteiger partial charge in [0.2, 0.25) is 0 Å². The van der Waals surface area contributed by atoms with Crippen LogP contribution in [0.4, 0.5) is 4.39 Å². The van der Waals surface area contributed by atoms with Gasteiger partial charge in [0.15, 0.2) is 5.78 Å². The Morgan fingerprint density at radius 3 is 2.89 bits per heavy atom. The Labute approximate surface area is 107 Å². The van der Waals surface area contributed by atoms with Crippen molar-refractivity contribution in [2.45, 2.75) is 13.0 Å². The molecular weight excluding hydrogens is 231 g/mol. The second-order valence-corrected chi connectivity index (χ2v) is 5.00. The molecule has 1 heterocycles. The van der Waals surface area contributed by atoms with Gasteiger partial charge in [0.25, 0.3) is 0 Å². The lowest BCUT2D eigenvalue weighted by Gasteiger charge is -2.37. The first kappa shape index (κ1) is 13.2. The van der Waals surface area contributed by atoms with Gasteiger partial charge in [-0.15, -0.1) is 0 Å². The molecule has 3 nitrogen and oxygen atoms in total. The van der Waals surface area contributed by atoms with Crippen LogP contribution in [0.1, 0.15) is 17.3 Å². The van der Waals surface area contributed by atoms with Crippen LogP contribution in [0.3, 0.4) is 0 Å².